The van der Waals surface area contributed by atoms with Crippen molar-refractivity contribution in [2.24, 2.45) is 40.4 Å². The van der Waals surface area contributed by atoms with Gasteiger partial charge in [-0.3, -0.25) is 4.79 Å². The Bertz CT molecular complexity index is 993. The van der Waals surface area contributed by atoms with Crippen LogP contribution in [0.4, 0.5) is 0 Å². The molecular formula is C29H47AcNO7. The van der Waals surface area contributed by atoms with Crippen LogP contribution >= 0.6 is 0 Å². The zero-order valence-electron chi connectivity index (χ0n) is 24.7. The Morgan fingerprint density at radius 1 is 1.16 bits per heavy atom. The number of fused-ring (bicyclic) bond motifs is 3. The normalized spacial score (nSPS) is 44.1. The van der Waals surface area contributed by atoms with Gasteiger partial charge in [-0.1, -0.05) is 48.5 Å². The van der Waals surface area contributed by atoms with E-state index >= 15 is 0 Å². The van der Waals surface area contributed by atoms with Crippen LogP contribution in [0, 0.1) is 89.9 Å². The van der Waals surface area contributed by atoms with Crippen molar-refractivity contribution < 1.29 is 78.4 Å². The molecule has 38 heavy (non-hydrogen) atoms. The molecule has 0 amide bonds. The van der Waals surface area contributed by atoms with Crippen molar-refractivity contribution in [2.45, 2.75) is 105 Å². The maximum Gasteiger partial charge on any atom is 0.336 e. The van der Waals surface area contributed by atoms with Gasteiger partial charge in [-0.25, -0.2) is 4.79 Å². The maximum absolute atomic E-state index is 14.5. The quantitative estimate of drug-likeness (QED) is 0.193. The van der Waals surface area contributed by atoms with Crippen LogP contribution < -0.4 is 0 Å². The Morgan fingerprint density at radius 2 is 1.71 bits per heavy atom. The molecule has 0 heterocycles. The summed E-state index contributed by atoms with van der Waals surface area (Å²) in [7, 11) is 1.56. The Labute approximate surface area is 263 Å². The minimum atomic E-state index is -1.51. The van der Waals surface area contributed by atoms with Gasteiger partial charge in [0.05, 0.1) is 17.3 Å². The van der Waals surface area contributed by atoms with Crippen LogP contribution in [0.3, 0.4) is 0 Å². The summed E-state index contributed by atoms with van der Waals surface area (Å²) in [5, 5.41) is 42.4. The summed E-state index contributed by atoms with van der Waals surface area (Å²) in [6, 6.07) is 0. The first-order chi connectivity index (χ1) is 16.8. The first kappa shape index (κ1) is 34.0. The molecule has 3 rings (SSSR count). The molecule has 0 aromatic heterocycles. The molecule has 4 N–H and O–H groups in total. The molecule has 6 unspecified atom stereocenters. The number of nitrogens with one attached hydrogen (secondary N) is 1. The van der Waals surface area contributed by atoms with E-state index < -0.39 is 70.0 Å². The largest absolute Gasteiger partial charge is 0.456 e. The molecule has 0 aromatic carbocycles. The third-order valence-corrected chi connectivity index (χ3v) is 10.8. The minimum Gasteiger partial charge on any atom is -0.456 e. The number of aliphatic hydroxyl groups excluding tert-OH is 1. The van der Waals surface area contributed by atoms with Crippen LogP contribution in [0.15, 0.2) is 11.1 Å². The summed E-state index contributed by atoms with van der Waals surface area (Å²) in [6.45, 7) is 16.6. The molecule has 0 saturated heterocycles. The number of carbonyl (C=O) groups is 2. The van der Waals surface area contributed by atoms with Crippen molar-refractivity contribution in [1.82, 2.24) is 0 Å². The fourth-order valence-electron chi connectivity index (χ4n) is 8.42. The van der Waals surface area contributed by atoms with Gasteiger partial charge in [0.1, 0.15) is 11.9 Å². The van der Waals surface area contributed by atoms with Crippen molar-refractivity contribution in [1.29, 1.82) is 5.41 Å². The average molecular weight is 749 g/mol. The smallest absolute Gasteiger partial charge is 0.336 e. The predicted molar refractivity (Wildman–Crippen MR) is 140 cm³/mol. The number of rotatable bonds is 5. The van der Waals surface area contributed by atoms with Crippen molar-refractivity contribution in [3.63, 3.8) is 0 Å². The molecule has 2 bridgehead atoms. The molecule has 11 atom stereocenters. The van der Waals surface area contributed by atoms with Crippen LogP contribution in [0.5, 0.6) is 0 Å². The van der Waals surface area contributed by atoms with Crippen LogP contribution in [0.2, 0.25) is 0 Å². The van der Waals surface area contributed by atoms with E-state index in [2.05, 4.69) is 0 Å². The SMILES string of the molecule is COC1C[C@H](C)[C@@]2(C)C(=O)[C@H](C)C3=C(C)C(OC(=O)C(O)C(C)C=N)CC(O)([C@@H](C)C2[C@@]1(C)O)C3(C)C.[Ac]. The summed E-state index contributed by atoms with van der Waals surface area (Å²) in [5.41, 5.74) is -3.19. The van der Waals surface area contributed by atoms with Gasteiger partial charge in [-0.15, -0.1) is 0 Å². The number of carbonyl (C=O) groups excluding carboxylic acids is 2. The molecule has 0 spiro atoms. The number of hydrogen-bond donors (Lipinski definition) is 4. The first-order valence-electron chi connectivity index (χ1n) is 13.5. The van der Waals surface area contributed by atoms with Gasteiger partial charge in [0.25, 0.3) is 0 Å². The van der Waals surface area contributed by atoms with Crippen molar-refractivity contribution in [3.05, 3.63) is 11.1 Å². The fourth-order valence-corrected chi connectivity index (χ4v) is 8.42. The number of hydrogen-bond acceptors (Lipinski definition) is 8. The number of esters is 1. The van der Waals surface area contributed by atoms with E-state index in [0.717, 1.165) is 11.8 Å². The number of Topliss-reactive ketones (excluding diaryl/α,β-unsaturated/α-hetero) is 1. The van der Waals surface area contributed by atoms with Gasteiger partial charge in [-0.2, -0.15) is 0 Å². The molecule has 0 aliphatic heterocycles. The zero-order valence-corrected chi connectivity index (χ0v) is 29.4. The maximum atomic E-state index is 14.5. The number of ketones is 1. The molecule has 213 valence electrons. The molecule has 0 aromatic rings. The standard InChI is InChI=1S/C29H47NO7.Ac/c1-14(13-30)22(31)25(33)37-19-12-29(35)18(5)23-27(8,15(2)11-20(36-10)28(23,9)34)24(32)17(4)21(16(19)3)26(29,6)7;/h13-15,17-20,22-23,30-31,34-35H,11-12H2,1-10H3;/t14?,15-,17+,18-,19?,20?,22?,23?,27+,28-,29?;/m0./s1. The monoisotopic (exact) mass is 748 g/mol. The number of aliphatic hydroxyl groups is 3. The van der Waals surface area contributed by atoms with Crippen molar-refractivity contribution >= 4 is 18.0 Å². The van der Waals surface area contributed by atoms with Crippen LogP contribution in [0.1, 0.15) is 75.2 Å². The first-order valence-corrected chi connectivity index (χ1v) is 13.5. The van der Waals surface area contributed by atoms with E-state index in [9.17, 15) is 24.9 Å². The fraction of sp³-hybridized carbons (Fsp3) is 0.828. The Hall–Kier alpha value is -0.168. The second kappa shape index (κ2) is 11.3. The van der Waals surface area contributed by atoms with E-state index in [4.69, 9.17) is 14.9 Å². The summed E-state index contributed by atoms with van der Waals surface area (Å²) >= 11 is 0. The van der Waals surface area contributed by atoms with E-state index in [-0.39, 0.29) is 62.2 Å². The zero-order chi connectivity index (χ0) is 28.5. The predicted octanol–water partition coefficient (Wildman–Crippen LogP) is 3.31. The Kier molecular flexibility index (Phi) is 10.1. The average Bonchev–Trinajstić information content (AvgIpc) is 2.82. The van der Waals surface area contributed by atoms with Gasteiger partial charge in [0.15, 0.2) is 6.10 Å². The van der Waals surface area contributed by atoms with Gasteiger partial charge < -0.3 is 30.2 Å². The molecule has 3 aliphatic carbocycles. The van der Waals surface area contributed by atoms with E-state index in [1.807, 2.05) is 48.5 Å². The van der Waals surface area contributed by atoms with E-state index in [1.165, 1.54) is 0 Å². The van der Waals surface area contributed by atoms with Crippen LogP contribution in [-0.2, 0) is 19.1 Å². The molecule has 3 aliphatic rings. The van der Waals surface area contributed by atoms with Gasteiger partial charge in [0.2, 0.25) is 0 Å². The second-order valence-corrected chi connectivity index (χ2v) is 13.0. The summed E-state index contributed by atoms with van der Waals surface area (Å²) in [6.07, 6.45) is -1.31. The van der Waals surface area contributed by atoms with Crippen molar-refractivity contribution in [2.75, 3.05) is 7.11 Å². The van der Waals surface area contributed by atoms with Crippen LogP contribution in [-0.4, -0.2) is 69.9 Å². The van der Waals surface area contributed by atoms with Gasteiger partial charge in [0, 0.05) is 92.4 Å². The number of methoxy groups -OCH3 is 1. The van der Waals surface area contributed by atoms with Crippen molar-refractivity contribution in [3.8, 4) is 0 Å². The van der Waals surface area contributed by atoms with E-state index in [1.54, 1.807) is 21.0 Å². The molecule has 1 radical (unpaired) electrons. The Balaban J connectivity index is 0.00000507. The van der Waals surface area contributed by atoms with Crippen LogP contribution in [0.25, 0.3) is 0 Å². The summed E-state index contributed by atoms with van der Waals surface area (Å²) < 4.78 is 11.5. The third-order valence-electron chi connectivity index (χ3n) is 10.8. The molecule has 9 heteroatoms. The third kappa shape index (κ3) is 4.73. The molecular weight excluding hydrogens is 701 g/mol. The second-order valence-electron chi connectivity index (χ2n) is 13.0. The number of ether oxygens (including phenoxy) is 2. The minimum absolute atomic E-state index is 0. The molecule has 2 saturated carbocycles. The topological polar surface area (TPSA) is 137 Å². The van der Waals surface area contributed by atoms with Gasteiger partial charge >= 0.3 is 5.97 Å². The molecule has 8 nitrogen and oxygen atoms in total. The Morgan fingerprint density at radius 3 is 2.21 bits per heavy atom. The molecule has 2 fully saturated rings. The summed E-state index contributed by atoms with van der Waals surface area (Å²) in [5.74, 6) is -3.49. The summed E-state index contributed by atoms with van der Waals surface area (Å²) in [4.78, 5) is 27.3. The van der Waals surface area contributed by atoms with E-state index in [0.29, 0.717) is 12.0 Å². The van der Waals surface area contributed by atoms with Gasteiger partial charge in [-0.05, 0) is 43.3 Å².